The van der Waals surface area contributed by atoms with Crippen molar-refractivity contribution >= 4 is 23.3 Å². The summed E-state index contributed by atoms with van der Waals surface area (Å²) in [5.74, 6) is -0.775. The molecule has 3 saturated heterocycles. The predicted octanol–water partition coefficient (Wildman–Crippen LogP) is 2.51. The summed E-state index contributed by atoms with van der Waals surface area (Å²) in [7, 11) is 0. The van der Waals surface area contributed by atoms with Gasteiger partial charge in [-0.1, -0.05) is 24.4 Å². The summed E-state index contributed by atoms with van der Waals surface area (Å²) in [6, 6.07) is 6.30. The first-order valence-corrected chi connectivity index (χ1v) is 14.4. The SMILES string of the molecule is [N-]=[N+]=N[C@H]1CN(C(=O)[C@@H](NC(=O)c2ccc(N3CCN(C4CC4)CC3)cc2)C2CCCCC2)[C@@H]2C(=O)CO[C@H]12. The van der Waals surface area contributed by atoms with E-state index in [2.05, 4.69) is 25.1 Å². The van der Waals surface area contributed by atoms with E-state index in [1.165, 1.54) is 17.7 Å². The number of piperazine rings is 1. The lowest BCUT2D eigenvalue weighted by molar-refractivity contribution is -0.139. The molecule has 2 aliphatic carbocycles. The topological polar surface area (TPSA) is 131 Å². The number of nitrogens with one attached hydrogen (secondary N) is 1. The molecule has 0 unspecified atom stereocenters. The van der Waals surface area contributed by atoms with Gasteiger partial charge in [-0.15, -0.1) is 0 Å². The number of likely N-dealkylation sites (tertiary alicyclic amines) is 1. The zero-order valence-corrected chi connectivity index (χ0v) is 22.3. The summed E-state index contributed by atoms with van der Waals surface area (Å²) in [6.07, 6.45) is 6.83. The summed E-state index contributed by atoms with van der Waals surface area (Å²) in [5.41, 5.74) is 10.6. The second-order valence-corrected chi connectivity index (χ2v) is 11.6. The first-order valence-electron chi connectivity index (χ1n) is 14.4. The number of carbonyl (C=O) groups excluding carboxylic acids is 3. The van der Waals surface area contributed by atoms with Crippen LogP contribution in [-0.4, -0.2) is 97.0 Å². The van der Waals surface area contributed by atoms with Crippen LogP contribution in [0.5, 0.6) is 0 Å². The van der Waals surface area contributed by atoms with Gasteiger partial charge in [0, 0.05) is 54.9 Å². The second-order valence-electron chi connectivity index (χ2n) is 11.6. The standard InChI is InChI=1S/C28H37N7O4/c29-32-31-22-16-35(25-23(36)17-39-26(22)25)28(38)24(18-4-2-1-3-5-18)30-27(37)19-6-8-20(9-7-19)33-12-14-34(15-13-33)21-10-11-21/h6-9,18,21-22,24-26H,1-5,10-17H2,(H,30,37)/t22-,24-,25+,26+/m0/s1. The number of Topliss-reactive ketones (excluding diaryl/α,β-unsaturated/α-hetero) is 1. The van der Waals surface area contributed by atoms with Gasteiger partial charge in [-0.05, 0) is 61.4 Å². The fraction of sp³-hybridized carbons (Fsp3) is 0.679. The van der Waals surface area contributed by atoms with Gasteiger partial charge in [0.25, 0.3) is 5.91 Å². The number of azide groups is 1. The molecule has 39 heavy (non-hydrogen) atoms. The van der Waals surface area contributed by atoms with E-state index in [9.17, 15) is 14.4 Å². The van der Waals surface area contributed by atoms with Crippen molar-refractivity contribution in [3.05, 3.63) is 40.3 Å². The van der Waals surface area contributed by atoms with Crippen LogP contribution < -0.4 is 10.2 Å². The average molecular weight is 536 g/mol. The number of ketones is 1. The lowest BCUT2D eigenvalue weighted by Gasteiger charge is -2.36. The number of nitrogens with zero attached hydrogens (tertiary/aromatic N) is 6. The number of hydrogen-bond acceptors (Lipinski definition) is 7. The molecule has 0 bridgehead atoms. The molecule has 1 aromatic rings. The third-order valence-corrected chi connectivity index (χ3v) is 9.19. The van der Waals surface area contributed by atoms with Crippen LogP contribution in [0.4, 0.5) is 5.69 Å². The van der Waals surface area contributed by atoms with Crippen LogP contribution in [0.25, 0.3) is 10.4 Å². The number of hydrogen-bond donors (Lipinski definition) is 1. The van der Waals surface area contributed by atoms with Gasteiger partial charge in [0.1, 0.15) is 18.7 Å². The Morgan fingerprint density at radius 2 is 1.74 bits per heavy atom. The van der Waals surface area contributed by atoms with Crippen molar-refractivity contribution in [3.8, 4) is 0 Å². The molecule has 3 heterocycles. The van der Waals surface area contributed by atoms with E-state index in [0.717, 1.165) is 70.0 Å². The molecule has 1 N–H and O–H groups in total. The van der Waals surface area contributed by atoms with Gasteiger partial charge in [-0.2, -0.15) is 0 Å². The van der Waals surface area contributed by atoms with Crippen molar-refractivity contribution in [3.63, 3.8) is 0 Å². The molecule has 0 spiro atoms. The maximum absolute atomic E-state index is 13.9. The summed E-state index contributed by atoms with van der Waals surface area (Å²) in [5, 5.41) is 6.83. The van der Waals surface area contributed by atoms with Crippen LogP contribution in [0.2, 0.25) is 0 Å². The zero-order chi connectivity index (χ0) is 26.9. The van der Waals surface area contributed by atoms with Crippen LogP contribution in [-0.2, 0) is 14.3 Å². The number of anilines is 1. The molecule has 0 aromatic heterocycles. The van der Waals surface area contributed by atoms with E-state index >= 15 is 0 Å². The van der Waals surface area contributed by atoms with E-state index in [1.54, 1.807) is 0 Å². The number of fused-ring (bicyclic) bond motifs is 1. The Morgan fingerprint density at radius 1 is 1.03 bits per heavy atom. The van der Waals surface area contributed by atoms with Crippen LogP contribution in [0, 0.1) is 5.92 Å². The lowest BCUT2D eigenvalue weighted by atomic mass is 9.83. The molecule has 2 saturated carbocycles. The number of carbonyl (C=O) groups is 3. The number of rotatable bonds is 7. The zero-order valence-electron chi connectivity index (χ0n) is 22.3. The molecule has 5 aliphatic rings. The number of amides is 2. The highest BCUT2D eigenvalue weighted by molar-refractivity contribution is 5.99. The van der Waals surface area contributed by atoms with Crippen molar-refractivity contribution in [2.24, 2.45) is 11.0 Å². The predicted molar refractivity (Wildman–Crippen MR) is 144 cm³/mol. The normalized spacial score (nSPS) is 28.6. The van der Waals surface area contributed by atoms with Gasteiger partial charge in [0.2, 0.25) is 5.91 Å². The summed E-state index contributed by atoms with van der Waals surface area (Å²) in [4.78, 5) is 49.3. The molecule has 0 radical (unpaired) electrons. The minimum absolute atomic E-state index is 0.00775. The van der Waals surface area contributed by atoms with Crippen molar-refractivity contribution in [1.82, 2.24) is 15.1 Å². The quantitative estimate of drug-likeness (QED) is 0.324. The maximum Gasteiger partial charge on any atom is 0.251 e. The third-order valence-electron chi connectivity index (χ3n) is 9.19. The largest absolute Gasteiger partial charge is 0.369 e. The van der Waals surface area contributed by atoms with E-state index in [0.29, 0.717) is 5.56 Å². The molecule has 11 nitrogen and oxygen atoms in total. The Kier molecular flexibility index (Phi) is 7.47. The monoisotopic (exact) mass is 535 g/mol. The molecule has 6 rings (SSSR count). The molecule has 1 aromatic carbocycles. The van der Waals surface area contributed by atoms with E-state index in [4.69, 9.17) is 10.3 Å². The highest BCUT2D eigenvalue weighted by Crippen LogP contribution is 2.34. The molecular formula is C28H37N7O4. The van der Waals surface area contributed by atoms with Gasteiger partial charge in [-0.3, -0.25) is 19.3 Å². The smallest absolute Gasteiger partial charge is 0.251 e. The molecule has 5 fully saturated rings. The van der Waals surface area contributed by atoms with E-state index < -0.39 is 24.2 Å². The summed E-state index contributed by atoms with van der Waals surface area (Å²) >= 11 is 0. The highest BCUT2D eigenvalue weighted by atomic mass is 16.5. The van der Waals surface area contributed by atoms with Crippen LogP contribution in [0.15, 0.2) is 29.4 Å². The van der Waals surface area contributed by atoms with Crippen molar-refractivity contribution in [2.75, 3.05) is 44.2 Å². The van der Waals surface area contributed by atoms with E-state index in [1.807, 2.05) is 24.3 Å². The van der Waals surface area contributed by atoms with Crippen molar-refractivity contribution in [1.29, 1.82) is 0 Å². The Morgan fingerprint density at radius 3 is 2.41 bits per heavy atom. The Bertz CT molecular complexity index is 1140. The van der Waals surface area contributed by atoms with Gasteiger partial charge < -0.3 is 19.9 Å². The fourth-order valence-corrected chi connectivity index (χ4v) is 6.89. The Labute approximate surface area is 228 Å². The first kappa shape index (κ1) is 26.1. The molecule has 4 atom stereocenters. The summed E-state index contributed by atoms with van der Waals surface area (Å²) < 4.78 is 5.59. The maximum atomic E-state index is 13.9. The second kappa shape index (κ2) is 11.2. The molecule has 2 amide bonds. The Balaban J connectivity index is 1.16. The fourth-order valence-electron chi connectivity index (χ4n) is 6.89. The van der Waals surface area contributed by atoms with Gasteiger partial charge >= 0.3 is 0 Å². The van der Waals surface area contributed by atoms with Crippen LogP contribution in [0.1, 0.15) is 55.3 Å². The van der Waals surface area contributed by atoms with Gasteiger partial charge in [-0.25, -0.2) is 0 Å². The first-order chi connectivity index (χ1) is 19.0. The Hall–Kier alpha value is -3.14. The third kappa shape index (κ3) is 5.35. The van der Waals surface area contributed by atoms with Gasteiger partial charge in [0.05, 0.1) is 12.1 Å². The molecule has 11 heteroatoms. The van der Waals surface area contributed by atoms with Crippen LogP contribution >= 0.6 is 0 Å². The van der Waals surface area contributed by atoms with Crippen molar-refractivity contribution in [2.45, 2.75) is 75.2 Å². The highest BCUT2D eigenvalue weighted by Gasteiger charge is 2.53. The van der Waals surface area contributed by atoms with Crippen molar-refractivity contribution < 1.29 is 19.1 Å². The summed E-state index contributed by atoms with van der Waals surface area (Å²) in [6.45, 7) is 4.13. The number of benzene rings is 1. The molecular weight excluding hydrogens is 498 g/mol. The molecule has 3 aliphatic heterocycles. The van der Waals surface area contributed by atoms with Crippen LogP contribution in [0.3, 0.4) is 0 Å². The minimum Gasteiger partial charge on any atom is -0.369 e. The molecule has 208 valence electrons. The van der Waals surface area contributed by atoms with Gasteiger partial charge in [0.15, 0.2) is 5.78 Å². The van der Waals surface area contributed by atoms with E-state index in [-0.39, 0.29) is 36.7 Å². The lowest BCUT2D eigenvalue weighted by Crippen LogP contribution is -2.55. The average Bonchev–Trinajstić information content (AvgIpc) is 3.67. The minimum atomic E-state index is -0.768. The number of ether oxygens (including phenoxy) is 1.